The van der Waals surface area contributed by atoms with Crippen LogP contribution in [0.4, 0.5) is 5.69 Å². The van der Waals surface area contributed by atoms with E-state index in [0.717, 1.165) is 11.3 Å². The maximum atomic E-state index is 12.7. The third-order valence-electron chi connectivity index (χ3n) is 4.47. The molecular formula is C21H24N2O3. The van der Waals surface area contributed by atoms with E-state index in [1.807, 2.05) is 61.5 Å². The van der Waals surface area contributed by atoms with Crippen LogP contribution in [0.5, 0.6) is 5.75 Å². The Kier molecular flexibility index (Phi) is 5.56. The smallest absolute Gasteiger partial charge is 0.227 e. The molecule has 1 aliphatic rings. The molecule has 5 nitrogen and oxygen atoms in total. The maximum Gasteiger partial charge on any atom is 0.227 e. The number of ether oxygens (including phenoxy) is 1. The molecule has 2 amide bonds. The molecule has 26 heavy (non-hydrogen) atoms. The molecule has 2 aromatic rings. The van der Waals surface area contributed by atoms with Gasteiger partial charge in [-0.3, -0.25) is 9.59 Å². The van der Waals surface area contributed by atoms with Crippen molar-refractivity contribution >= 4 is 17.5 Å². The SMILES string of the molecule is CC1CN(C(=O)CCC(=O)N(C)Cc2ccccc2)c2ccccc2O1. The van der Waals surface area contributed by atoms with Crippen LogP contribution in [0.25, 0.3) is 0 Å². The second kappa shape index (κ2) is 8.04. The second-order valence-corrected chi connectivity index (χ2v) is 6.64. The van der Waals surface area contributed by atoms with Crippen LogP contribution in [0, 0.1) is 0 Å². The van der Waals surface area contributed by atoms with Gasteiger partial charge in [0.15, 0.2) is 0 Å². The zero-order chi connectivity index (χ0) is 18.5. The molecule has 0 fully saturated rings. The number of carbonyl (C=O) groups excluding carboxylic acids is 2. The van der Waals surface area contributed by atoms with Crippen molar-refractivity contribution in [1.82, 2.24) is 4.90 Å². The minimum absolute atomic E-state index is 0.0307. The van der Waals surface area contributed by atoms with Gasteiger partial charge in [0.2, 0.25) is 11.8 Å². The van der Waals surface area contributed by atoms with E-state index < -0.39 is 0 Å². The predicted molar refractivity (Wildman–Crippen MR) is 101 cm³/mol. The van der Waals surface area contributed by atoms with Crippen LogP contribution in [0.15, 0.2) is 54.6 Å². The summed E-state index contributed by atoms with van der Waals surface area (Å²) in [5, 5.41) is 0. The topological polar surface area (TPSA) is 49.9 Å². The molecule has 0 saturated heterocycles. The van der Waals surface area contributed by atoms with Gasteiger partial charge in [-0.15, -0.1) is 0 Å². The van der Waals surface area contributed by atoms with Gasteiger partial charge in [0.05, 0.1) is 12.2 Å². The lowest BCUT2D eigenvalue weighted by molar-refractivity contribution is -0.132. The Morgan fingerprint density at radius 1 is 1.08 bits per heavy atom. The van der Waals surface area contributed by atoms with Crippen molar-refractivity contribution < 1.29 is 14.3 Å². The first-order chi connectivity index (χ1) is 12.5. The molecule has 0 aromatic heterocycles. The minimum Gasteiger partial charge on any atom is -0.487 e. The molecule has 1 atom stereocenters. The first kappa shape index (κ1) is 18.0. The number of rotatable bonds is 5. The first-order valence-corrected chi connectivity index (χ1v) is 8.88. The summed E-state index contributed by atoms with van der Waals surface area (Å²) in [6.45, 7) is 2.99. The summed E-state index contributed by atoms with van der Waals surface area (Å²) in [6, 6.07) is 17.3. The molecule has 3 rings (SSSR count). The Morgan fingerprint density at radius 2 is 1.77 bits per heavy atom. The molecule has 136 valence electrons. The van der Waals surface area contributed by atoms with Crippen molar-refractivity contribution in [3.05, 3.63) is 60.2 Å². The fourth-order valence-corrected chi connectivity index (χ4v) is 3.11. The fraction of sp³-hybridized carbons (Fsp3) is 0.333. The van der Waals surface area contributed by atoms with Crippen molar-refractivity contribution in [3.8, 4) is 5.75 Å². The molecule has 1 unspecified atom stereocenters. The Bertz CT molecular complexity index is 776. The number of hydrogen-bond donors (Lipinski definition) is 0. The standard InChI is InChI=1S/C21H24N2O3/c1-16-14-23(18-10-6-7-11-19(18)26-16)21(25)13-12-20(24)22(2)15-17-8-4-3-5-9-17/h3-11,16H,12-15H2,1-2H3. The third-order valence-corrected chi connectivity index (χ3v) is 4.47. The largest absolute Gasteiger partial charge is 0.487 e. The number of para-hydroxylation sites is 2. The van der Waals surface area contributed by atoms with Crippen LogP contribution < -0.4 is 9.64 Å². The van der Waals surface area contributed by atoms with Gasteiger partial charge in [-0.1, -0.05) is 42.5 Å². The van der Waals surface area contributed by atoms with Gasteiger partial charge in [-0.2, -0.15) is 0 Å². The third kappa shape index (κ3) is 4.23. The molecule has 0 bridgehead atoms. The zero-order valence-electron chi connectivity index (χ0n) is 15.2. The van der Waals surface area contributed by atoms with E-state index in [-0.39, 0.29) is 30.8 Å². The first-order valence-electron chi connectivity index (χ1n) is 8.88. The molecule has 0 radical (unpaired) electrons. The van der Waals surface area contributed by atoms with E-state index in [2.05, 4.69) is 0 Å². The van der Waals surface area contributed by atoms with Crippen LogP contribution in [-0.4, -0.2) is 36.4 Å². The van der Waals surface area contributed by atoms with Crippen molar-refractivity contribution in [1.29, 1.82) is 0 Å². The fourth-order valence-electron chi connectivity index (χ4n) is 3.11. The summed E-state index contributed by atoms with van der Waals surface area (Å²) in [7, 11) is 1.77. The van der Waals surface area contributed by atoms with Gasteiger partial charge in [-0.25, -0.2) is 0 Å². The van der Waals surface area contributed by atoms with Gasteiger partial charge in [0, 0.05) is 26.4 Å². The van der Waals surface area contributed by atoms with Gasteiger partial charge >= 0.3 is 0 Å². The Balaban J connectivity index is 1.58. The van der Waals surface area contributed by atoms with Gasteiger partial charge < -0.3 is 14.5 Å². The number of anilines is 1. The number of benzene rings is 2. The predicted octanol–water partition coefficient (Wildman–Crippen LogP) is 3.24. The molecular weight excluding hydrogens is 328 g/mol. The highest BCUT2D eigenvalue weighted by atomic mass is 16.5. The lowest BCUT2D eigenvalue weighted by atomic mass is 10.1. The molecule has 0 aliphatic carbocycles. The molecule has 1 heterocycles. The van der Waals surface area contributed by atoms with Crippen molar-refractivity contribution in [2.75, 3.05) is 18.5 Å². The van der Waals surface area contributed by atoms with E-state index in [9.17, 15) is 9.59 Å². The normalized spacial score (nSPS) is 15.8. The highest BCUT2D eigenvalue weighted by Gasteiger charge is 2.27. The Labute approximate surface area is 154 Å². The number of carbonyl (C=O) groups is 2. The van der Waals surface area contributed by atoms with Gasteiger partial charge in [0.25, 0.3) is 0 Å². The number of hydrogen-bond acceptors (Lipinski definition) is 3. The molecule has 2 aromatic carbocycles. The van der Waals surface area contributed by atoms with Crippen LogP contribution in [0.3, 0.4) is 0 Å². The van der Waals surface area contributed by atoms with Crippen LogP contribution in [0.2, 0.25) is 0 Å². The summed E-state index contributed by atoms with van der Waals surface area (Å²) in [4.78, 5) is 28.5. The second-order valence-electron chi connectivity index (χ2n) is 6.64. The van der Waals surface area contributed by atoms with Gasteiger partial charge in [-0.05, 0) is 24.6 Å². The highest BCUT2D eigenvalue weighted by molar-refractivity contribution is 5.97. The molecule has 1 aliphatic heterocycles. The Morgan fingerprint density at radius 3 is 2.54 bits per heavy atom. The van der Waals surface area contributed by atoms with Crippen LogP contribution in [-0.2, 0) is 16.1 Å². The lowest BCUT2D eigenvalue weighted by Crippen LogP contribution is -2.42. The highest BCUT2D eigenvalue weighted by Crippen LogP contribution is 2.33. The Hall–Kier alpha value is -2.82. The van der Waals surface area contributed by atoms with E-state index in [1.54, 1.807) is 16.8 Å². The van der Waals surface area contributed by atoms with Crippen molar-refractivity contribution in [3.63, 3.8) is 0 Å². The summed E-state index contributed by atoms with van der Waals surface area (Å²) >= 11 is 0. The number of amides is 2. The summed E-state index contributed by atoms with van der Waals surface area (Å²) in [6.07, 6.45) is 0.333. The van der Waals surface area contributed by atoms with E-state index in [0.29, 0.717) is 18.8 Å². The zero-order valence-corrected chi connectivity index (χ0v) is 15.2. The monoisotopic (exact) mass is 352 g/mol. The number of fused-ring (bicyclic) bond motifs is 1. The average Bonchev–Trinajstić information content (AvgIpc) is 2.65. The average molecular weight is 352 g/mol. The van der Waals surface area contributed by atoms with Crippen molar-refractivity contribution in [2.45, 2.75) is 32.4 Å². The van der Waals surface area contributed by atoms with Crippen molar-refractivity contribution in [2.24, 2.45) is 0 Å². The van der Waals surface area contributed by atoms with E-state index in [1.165, 1.54) is 0 Å². The van der Waals surface area contributed by atoms with Crippen LogP contribution in [0.1, 0.15) is 25.3 Å². The maximum absolute atomic E-state index is 12.7. The molecule has 5 heteroatoms. The number of nitrogens with zero attached hydrogens (tertiary/aromatic N) is 2. The van der Waals surface area contributed by atoms with E-state index in [4.69, 9.17) is 4.74 Å². The summed E-state index contributed by atoms with van der Waals surface area (Å²) in [5.74, 6) is 0.637. The summed E-state index contributed by atoms with van der Waals surface area (Å²) < 4.78 is 5.77. The van der Waals surface area contributed by atoms with Crippen LogP contribution >= 0.6 is 0 Å². The molecule has 0 N–H and O–H groups in total. The lowest BCUT2D eigenvalue weighted by Gasteiger charge is -2.33. The van der Waals surface area contributed by atoms with Gasteiger partial charge in [0.1, 0.15) is 11.9 Å². The molecule has 0 saturated carbocycles. The van der Waals surface area contributed by atoms with E-state index >= 15 is 0 Å². The molecule has 0 spiro atoms. The minimum atomic E-state index is -0.0645. The quantitative estimate of drug-likeness (QED) is 0.830. The summed E-state index contributed by atoms with van der Waals surface area (Å²) in [5.41, 5.74) is 1.85.